The molecule has 0 bridgehead atoms. The summed E-state index contributed by atoms with van der Waals surface area (Å²) < 4.78 is 0.903. The Kier molecular flexibility index (Phi) is 3.66. The molecule has 0 fully saturated rings. The number of benzene rings is 2. The summed E-state index contributed by atoms with van der Waals surface area (Å²) in [5.41, 5.74) is 0.733. The van der Waals surface area contributed by atoms with Crippen molar-refractivity contribution in [2.75, 3.05) is 5.32 Å². The summed E-state index contributed by atoms with van der Waals surface area (Å²) in [5.74, 6) is -0.224. The van der Waals surface area contributed by atoms with Crippen molar-refractivity contribution in [2.24, 2.45) is 0 Å². The number of halogens is 2. The number of amides is 1. The van der Waals surface area contributed by atoms with Gasteiger partial charge in [0.05, 0.1) is 10.0 Å². The van der Waals surface area contributed by atoms with Gasteiger partial charge in [0.15, 0.2) is 0 Å². The summed E-state index contributed by atoms with van der Waals surface area (Å²) in [4.78, 5) is 12.8. The highest BCUT2D eigenvalue weighted by Crippen LogP contribution is 2.39. The van der Waals surface area contributed by atoms with Gasteiger partial charge >= 0.3 is 0 Å². The summed E-state index contributed by atoms with van der Waals surface area (Å²) in [6.45, 7) is 0. The molecular weight excluding hydrogens is 313 g/mol. The zero-order chi connectivity index (χ0) is 14.1. The predicted molar refractivity (Wildman–Crippen MR) is 86.2 cm³/mol. The van der Waals surface area contributed by atoms with Gasteiger partial charge in [0.25, 0.3) is 5.91 Å². The van der Waals surface area contributed by atoms with E-state index < -0.39 is 0 Å². The number of carbonyl (C=O) groups is 1. The fourth-order valence-electron chi connectivity index (χ4n) is 1.93. The largest absolute Gasteiger partial charge is 0.321 e. The average Bonchev–Trinajstić information content (AvgIpc) is 2.79. The van der Waals surface area contributed by atoms with E-state index in [0.717, 1.165) is 15.8 Å². The molecule has 2 nitrogen and oxygen atoms in total. The maximum atomic E-state index is 12.3. The lowest BCUT2D eigenvalue weighted by atomic mass is 10.2. The van der Waals surface area contributed by atoms with Gasteiger partial charge in [-0.3, -0.25) is 4.79 Å². The second-order valence-electron chi connectivity index (χ2n) is 4.18. The minimum absolute atomic E-state index is 0.224. The molecule has 5 heteroatoms. The monoisotopic (exact) mass is 321 g/mol. The van der Waals surface area contributed by atoms with E-state index in [-0.39, 0.29) is 5.91 Å². The summed E-state index contributed by atoms with van der Waals surface area (Å²) >= 11 is 13.8. The highest BCUT2D eigenvalue weighted by molar-refractivity contribution is 7.21. The zero-order valence-electron chi connectivity index (χ0n) is 10.2. The molecule has 1 heterocycles. The molecule has 2 aromatic carbocycles. The summed E-state index contributed by atoms with van der Waals surface area (Å²) in [6.07, 6.45) is 0. The third kappa shape index (κ3) is 2.40. The minimum Gasteiger partial charge on any atom is -0.321 e. The number of nitrogens with one attached hydrogen (secondary N) is 1. The molecule has 0 unspecified atom stereocenters. The van der Waals surface area contributed by atoms with Gasteiger partial charge in [0.1, 0.15) is 4.88 Å². The quantitative estimate of drug-likeness (QED) is 0.667. The zero-order valence-corrected chi connectivity index (χ0v) is 12.5. The number of hydrogen-bond acceptors (Lipinski definition) is 2. The Morgan fingerprint density at radius 2 is 1.75 bits per heavy atom. The molecule has 0 aliphatic heterocycles. The molecule has 3 aromatic rings. The van der Waals surface area contributed by atoms with E-state index in [1.165, 1.54) is 11.3 Å². The molecular formula is C15H9Cl2NOS. The lowest BCUT2D eigenvalue weighted by molar-refractivity contribution is 0.103. The van der Waals surface area contributed by atoms with Crippen molar-refractivity contribution in [1.29, 1.82) is 0 Å². The third-order valence-corrected chi connectivity index (χ3v) is 4.80. The van der Waals surface area contributed by atoms with Crippen LogP contribution in [0.2, 0.25) is 10.0 Å². The molecule has 1 N–H and O–H groups in total. The molecule has 100 valence electrons. The van der Waals surface area contributed by atoms with Gasteiger partial charge in [-0.25, -0.2) is 0 Å². The van der Waals surface area contributed by atoms with Crippen LogP contribution in [0.3, 0.4) is 0 Å². The molecule has 0 spiro atoms. The van der Waals surface area contributed by atoms with Crippen LogP contribution in [0.5, 0.6) is 0 Å². The Morgan fingerprint density at radius 1 is 1.00 bits per heavy atom. The Morgan fingerprint density at radius 3 is 2.45 bits per heavy atom. The van der Waals surface area contributed by atoms with Crippen molar-refractivity contribution < 1.29 is 4.79 Å². The van der Waals surface area contributed by atoms with Gasteiger partial charge in [0.2, 0.25) is 0 Å². The molecule has 0 atom stereocenters. The number of thiophene rings is 1. The van der Waals surface area contributed by atoms with Crippen molar-refractivity contribution in [2.45, 2.75) is 0 Å². The topological polar surface area (TPSA) is 29.1 Å². The van der Waals surface area contributed by atoms with Crippen LogP contribution in [-0.2, 0) is 0 Å². The van der Waals surface area contributed by atoms with Crippen LogP contribution in [-0.4, -0.2) is 5.91 Å². The SMILES string of the molecule is O=C(Nc1ccccc1)c1sc2cccc(Cl)c2c1Cl. The van der Waals surface area contributed by atoms with Gasteiger partial charge in [-0.15, -0.1) is 11.3 Å². The van der Waals surface area contributed by atoms with Crippen molar-refractivity contribution >= 4 is 56.2 Å². The Balaban J connectivity index is 2.00. The maximum Gasteiger partial charge on any atom is 0.267 e. The molecule has 3 rings (SSSR count). The first kappa shape index (κ1) is 13.4. The summed E-state index contributed by atoms with van der Waals surface area (Å²) in [6, 6.07) is 14.8. The molecule has 0 aliphatic carbocycles. The number of anilines is 1. The molecule has 0 aliphatic rings. The van der Waals surface area contributed by atoms with Gasteiger partial charge in [-0.2, -0.15) is 0 Å². The fraction of sp³-hybridized carbons (Fsp3) is 0. The number of hydrogen-bond donors (Lipinski definition) is 1. The van der Waals surface area contributed by atoms with Crippen LogP contribution >= 0.6 is 34.5 Å². The maximum absolute atomic E-state index is 12.3. The van der Waals surface area contributed by atoms with Crippen LogP contribution in [0.25, 0.3) is 10.1 Å². The summed E-state index contributed by atoms with van der Waals surface area (Å²) in [7, 11) is 0. The van der Waals surface area contributed by atoms with Crippen molar-refractivity contribution in [1.82, 2.24) is 0 Å². The van der Waals surface area contributed by atoms with E-state index in [1.54, 1.807) is 6.07 Å². The van der Waals surface area contributed by atoms with Crippen LogP contribution in [0.1, 0.15) is 9.67 Å². The van der Waals surface area contributed by atoms with Gasteiger partial charge in [-0.05, 0) is 24.3 Å². The van der Waals surface area contributed by atoms with E-state index in [0.29, 0.717) is 14.9 Å². The van der Waals surface area contributed by atoms with Crippen LogP contribution < -0.4 is 5.32 Å². The first-order valence-corrected chi connectivity index (χ1v) is 7.47. The van der Waals surface area contributed by atoms with E-state index >= 15 is 0 Å². The second-order valence-corrected chi connectivity index (χ2v) is 6.02. The van der Waals surface area contributed by atoms with Gasteiger partial charge in [-0.1, -0.05) is 47.5 Å². The van der Waals surface area contributed by atoms with E-state index in [4.69, 9.17) is 23.2 Å². The standard InChI is InChI=1S/C15H9Cl2NOS/c16-10-7-4-8-11-12(10)13(17)14(20-11)15(19)18-9-5-2-1-3-6-9/h1-8H,(H,18,19). The Labute approximate surface area is 129 Å². The number of rotatable bonds is 2. The molecule has 20 heavy (non-hydrogen) atoms. The highest BCUT2D eigenvalue weighted by atomic mass is 35.5. The second kappa shape index (κ2) is 5.44. The van der Waals surface area contributed by atoms with Crippen LogP contribution in [0.4, 0.5) is 5.69 Å². The first-order chi connectivity index (χ1) is 9.66. The van der Waals surface area contributed by atoms with E-state index in [9.17, 15) is 4.79 Å². The first-order valence-electron chi connectivity index (χ1n) is 5.90. The fourth-order valence-corrected chi connectivity index (χ4v) is 3.78. The van der Waals surface area contributed by atoms with E-state index in [2.05, 4.69) is 5.32 Å². The lowest BCUT2D eigenvalue weighted by Gasteiger charge is -2.03. The smallest absolute Gasteiger partial charge is 0.267 e. The predicted octanol–water partition coefficient (Wildman–Crippen LogP) is 5.46. The number of carbonyl (C=O) groups excluding carboxylic acids is 1. The van der Waals surface area contributed by atoms with Crippen molar-refractivity contribution in [3.8, 4) is 0 Å². The van der Waals surface area contributed by atoms with E-state index in [1.807, 2.05) is 42.5 Å². The van der Waals surface area contributed by atoms with Gasteiger partial charge < -0.3 is 5.32 Å². The lowest BCUT2D eigenvalue weighted by Crippen LogP contribution is -2.10. The number of para-hydroxylation sites is 1. The minimum atomic E-state index is -0.224. The molecule has 0 saturated carbocycles. The number of fused-ring (bicyclic) bond motifs is 1. The van der Waals surface area contributed by atoms with Crippen LogP contribution in [0.15, 0.2) is 48.5 Å². The normalized spacial score (nSPS) is 10.7. The Hall–Kier alpha value is -1.55. The molecule has 1 aromatic heterocycles. The Bertz CT molecular complexity index is 783. The molecule has 0 radical (unpaired) electrons. The molecule has 1 amide bonds. The van der Waals surface area contributed by atoms with Crippen molar-refractivity contribution in [3.63, 3.8) is 0 Å². The highest BCUT2D eigenvalue weighted by Gasteiger charge is 2.18. The van der Waals surface area contributed by atoms with Crippen molar-refractivity contribution in [3.05, 3.63) is 63.5 Å². The average molecular weight is 322 g/mol. The van der Waals surface area contributed by atoms with Crippen LogP contribution in [0, 0.1) is 0 Å². The van der Waals surface area contributed by atoms with Gasteiger partial charge in [0, 0.05) is 15.8 Å². The third-order valence-electron chi connectivity index (χ3n) is 2.84. The summed E-state index contributed by atoms with van der Waals surface area (Å²) in [5, 5.41) is 4.52. The molecule has 0 saturated heterocycles.